The van der Waals surface area contributed by atoms with Gasteiger partial charge in [0.25, 0.3) is 5.91 Å². The number of anilines is 1. The van der Waals surface area contributed by atoms with Gasteiger partial charge in [-0.05, 0) is 12.1 Å². The zero-order valence-corrected chi connectivity index (χ0v) is 10.5. The van der Waals surface area contributed by atoms with Gasteiger partial charge in [0.1, 0.15) is 5.71 Å². The molecular formula is C12H10F3N3O3. The number of ether oxygens (including phenoxy) is 1. The molecule has 1 aliphatic rings. The van der Waals surface area contributed by atoms with Crippen molar-refractivity contribution in [3.63, 3.8) is 0 Å². The summed E-state index contributed by atoms with van der Waals surface area (Å²) in [6.07, 6.45) is -4.66. The summed E-state index contributed by atoms with van der Waals surface area (Å²) in [5, 5.41) is 5.82. The molecule has 0 bridgehead atoms. The van der Waals surface area contributed by atoms with Crippen molar-refractivity contribution in [1.29, 1.82) is 0 Å². The van der Waals surface area contributed by atoms with Gasteiger partial charge in [-0.3, -0.25) is 9.59 Å². The van der Waals surface area contributed by atoms with Crippen LogP contribution in [0.3, 0.4) is 0 Å². The molecule has 1 aromatic carbocycles. The molecule has 1 aliphatic heterocycles. The highest BCUT2D eigenvalue weighted by atomic mass is 19.4. The Morgan fingerprint density at radius 1 is 1.29 bits per heavy atom. The quantitative estimate of drug-likeness (QED) is 0.893. The van der Waals surface area contributed by atoms with E-state index in [1.807, 2.05) is 0 Å². The molecule has 0 saturated heterocycles. The van der Waals surface area contributed by atoms with Crippen LogP contribution in [0.25, 0.3) is 0 Å². The fraction of sp³-hybridized carbons (Fsp3) is 0.250. The fourth-order valence-electron chi connectivity index (χ4n) is 1.62. The monoisotopic (exact) mass is 301 g/mol. The Morgan fingerprint density at radius 3 is 2.62 bits per heavy atom. The summed E-state index contributed by atoms with van der Waals surface area (Å²) < 4.78 is 40.6. The first-order valence-corrected chi connectivity index (χ1v) is 5.87. The van der Waals surface area contributed by atoms with Crippen LogP contribution in [0.2, 0.25) is 0 Å². The van der Waals surface area contributed by atoms with Crippen LogP contribution >= 0.6 is 0 Å². The van der Waals surface area contributed by atoms with Crippen LogP contribution in [0, 0.1) is 0 Å². The second kappa shape index (κ2) is 5.81. The van der Waals surface area contributed by atoms with E-state index in [2.05, 4.69) is 20.6 Å². The molecular weight excluding hydrogens is 291 g/mol. The van der Waals surface area contributed by atoms with Crippen molar-refractivity contribution in [2.45, 2.75) is 19.2 Å². The van der Waals surface area contributed by atoms with E-state index >= 15 is 0 Å². The standard InChI is InChI=1S/C12H10F3N3O3/c13-12(14,15)21-9-4-2-1-3-7(9)16-11(20)8-5-6-10(19)18-17-8/h1-4H,5-6H2,(H,16,20)(H,18,19). The van der Waals surface area contributed by atoms with Gasteiger partial charge in [-0.25, -0.2) is 5.43 Å². The molecule has 0 spiro atoms. The van der Waals surface area contributed by atoms with Crippen molar-refractivity contribution in [3.05, 3.63) is 24.3 Å². The van der Waals surface area contributed by atoms with Crippen LogP contribution in [-0.4, -0.2) is 23.9 Å². The lowest BCUT2D eigenvalue weighted by Crippen LogP contribution is -2.33. The van der Waals surface area contributed by atoms with Gasteiger partial charge in [-0.1, -0.05) is 12.1 Å². The average Bonchev–Trinajstić information content (AvgIpc) is 2.40. The van der Waals surface area contributed by atoms with Gasteiger partial charge in [0.05, 0.1) is 5.69 Å². The smallest absolute Gasteiger partial charge is 0.404 e. The fourth-order valence-corrected chi connectivity index (χ4v) is 1.62. The Labute approximate surface area is 117 Å². The molecule has 0 atom stereocenters. The largest absolute Gasteiger partial charge is 0.573 e. The number of halogens is 3. The third-order valence-corrected chi connectivity index (χ3v) is 2.53. The van der Waals surface area contributed by atoms with E-state index in [4.69, 9.17) is 0 Å². The first-order chi connectivity index (χ1) is 9.85. The number of amides is 2. The second-order valence-electron chi connectivity index (χ2n) is 4.09. The van der Waals surface area contributed by atoms with E-state index in [1.54, 1.807) is 0 Å². The number of nitrogens with zero attached hydrogens (tertiary/aromatic N) is 1. The molecule has 0 aliphatic carbocycles. The van der Waals surface area contributed by atoms with Crippen LogP contribution in [0.5, 0.6) is 5.75 Å². The third kappa shape index (κ3) is 4.20. The maximum atomic E-state index is 12.3. The van der Waals surface area contributed by atoms with Crippen molar-refractivity contribution in [3.8, 4) is 5.75 Å². The Bertz CT molecular complexity index is 599. The van der Waals surface area contributed by atoms with Crippen LogP contribution in [0.15, 0.2) is 29.4 Å². The van der Waals surface area contributed by atoms with E-state index in [9.17, 15) is 22.8 Å². The number of alkyl halides is 3. The molecule has 21 heavy (non-hydrogen) atoms. The summed E-state index contributed by atoms with van der Waals surface area (Å²) in [5.74, 6) is -1.56. The second-order valence-corrected chi connectivity index (χ2v) is 4.09. The number of hydrazone groups is 1. The topological polar surface area (TPSA) is 79.8 Å². The molecule has 1 heterocycles. The van der Waals surface area contributed by atoms with Gasteiger partial charge in [-0.2, -0.15) is 5.10 Å². The van der Waals surface area contributed by atoms with Crippen molar-refractivity contribution < 1.29 is 27.5 Å². The molecule has 2 rings (SSSR count). The number of benzene rings is 1. The van der Waals surface area contributed by atoms with Crippen molar-refractivity contribution in [2.24, 2.45) is 5.10 Å². The van der Waals surface area contributed by atoms with E-state index in [0.717, 1.165) is 6.07 Å². The number of carbonyl (C=O) groups excluding carboxylic acids is 2. The van der Waals surface area contributed by atoms with Crippen molar-refractivity contribution in [2.75, 3.05) is 5.32 Å². The van der Waals surface area contributed by atoms with Crippen molar-refractivity contribution in [1.82, 2.24) is 5.43 Å². The lowest BCUT2D eigenvalue weighted by Gasteiger charge is -2.15. The number of rotatable bonds is 3. The Balaban J connectivity index is 2.12. The average molecular weight is 301 g/mol. The summed E-state index contributed by atoms with van der Waals surface area (Å²) in [4.78, 5) is 22.8. The molecule has 1 aromatic rings. The zero-order valence-electron chi connectivity index (χ0n) is 10.5. The van der Waals surface area contributed by atoms with E-state index < -0.39 is 18.0 Å². The van der Waals surface area contributed by atoms with E-state index in [-0.39, 0.29) is 30.1 Å². The maximum Gasteiger partial charge on any atom is 0.573 e. The highest BCUT2D eigenvalue weighted by molar-refractivity contribution is 6.43. The predicted octanol–water partition coefficient (Wildman–Crippen LogP) is 1.79. The zero-order chi connectivity index (χ0) is 15.5. The van der Waals surface area contributed by atoms with Crippen molar-refractivity contribution >= 4 is 23.2 Å². The highest BCUT2D eigenvalue weighted by Crippen LogP contribution is 2.29. The van der Waals surface area contributed by atoms with Gasteiger partial charge in [0, 0.05) is 12.8 Å². The minimum Gasteiger partial charge on any atom is -0.404 e. The van der Waals surface area contributed by atoms with Gasteiger partial charge in [0.2, 0.25) is 5.91 Å². The summed E-state index contributed by atoms with van der Waals surface area (Å²) in [7, 11) is 0. The normalized spacial score (nSPS) is 15.0. The highest BCUT2D eigenvalue weighted by Gasteiger charge is 2.32. The van der Waals surface area contributed by atoms with Crippen LogP contribution in [-0.2, 0) is 9.59 Å². The molecule has 0 unspecified atom stereocenters. The summed E-state index contributed by atoms with van der Waals surface area (Å²) in [6, 6.07) is 5.13. The number of hydrogen-bond donors (Lipinski definition) is 2. The van der Waals surface area contributed by atoms with Gasteiger partial charge in [0.15, 0.2) is 5.75 Å². The minimum absolute atomic E-state index is 0.0245. The SMILES string of the molecule is O=C1CCC(C(=O)Nc2ccccc2OC(F)(F)F)=NN1. The van der Waals surface area contributed by atoms with Gasteiger partial charge < -0.3 is 10.1 Å². The van der Waals surface area contributed by atoms with Crippen LogP contribution < -0.4 is 15.5 Å². The van der Waals surface area contributed by atoms with E-state index in [0.29, 0.717) is 0 Å². The Kier molecular flexibility index (Phi) is 4.10. The van der Waals surface area contributed by atoms with Crippen LogP contribution in [0.4, 0.5) is 18.9 Å². The summed E-state index contributed by atoms with van der Waals surface area (Å²) in [5.41, 5.74) is 2.01. The van der Waals surface area contributed by atoms with E-state index in [1.165, 1.54) is 18.2 Å². The number of carbonyl (C=O) groups is 2. The molecule has 0 saturated carbocycles. The Hall–Kier alpha value is -2.58. The molecule has 9 heteroatoms. The molecule has 0 fully saturated rings. The first kappa shape index (κ1) is 14.8. The molecule has 2 amide bonds. The van der Waals surface area contributed by atoms with Gasteiger partial charge >= 0.3 is 6.36 Å². The first-order valence-electron chi connectivity index (χ1n) is 5.87. The summed E-state index contributed by atoms with van der Waals surface area (Å²) >= 11 is 0. The number of hydrogen-bond acceptors (Lipinski definition) is 4. The Morgan fingerprint density at radius 2 is 2.00 bits per heavy atom. The molecule has 6 nitrogen and oxygen atoms in total. The predicted molar refractivity (Wildman–Crippen MR) is 66.6 cm³/mol. The third-order valence-electron chi connectivity index (χ3n) is 2.53. The molecule has 112 valence electrons. The number of para-hydroxylation sites is 2. The molecule has 2 N–H and O–H groups in total. The number of nitrogens with one attached hydrogen (secondary N) is 2. The van der Waals surface area contributed by atoms with Crippen LogP contribution in [0.1, 0.15) is 12.8 Å². The molecule has 0 aromatic heterocycles. The van der Waals surface area contributed by atoms with Gasteiger partial charge in [-0.15, -0.1) is 13.2 Å². The lowest BCUT2D eigenvalue weighted by molar-refractivity contribution is -0.274. The minimum atomic E-state index is -4.86. The summed E-state index contributed by atoms with van der Waals surface area (Å²) in [6.45, 7) is 0. The lowest BCUT2D eigenvalue weighted by atomic mass is 10.1. The molecule has 0 radical (unpaired) electrons. The maximum absolute atomic E-state index is 12.3.